The molecule has 5 unspecified atom stereocenters. The summed E-state index contributed by atoms with van der Waals surface area (Å²) < 4.78 is 193. The van der Waals surface area contributed by atoms with Gasteiger partial charge in [0.1, 0.15) is 141 Å². The van der Waals surface area contributed by atoms with Crippen molar-refractivity contribution in [3.8, 4) is 11.5 Å². The van der Waals surface area contributed by atoms with E-state index in [1.807, 2.05) is 60.7 Å². The summed E-state index contributed by atoms with van der Waals surface area (Å²) in [5.41, 5.74) is 26.1. The van der Waals surface area contributed by atoms with Gasteiger partial charge in [-0.2, -0.15) is 19.9 Å². The zero-order valence-corrected chi connectivity index (χ0v) is 81.7. The monoisotopic (exact) mass is 2170 g/mol. The molecule has 6 aliphatic rings. The Morgan fingerprint density at radius 1 is 0.356 bits per heavy atom. The Balaban J connectivity index is 0.528. The van der Waals surface area contributed by atoms with Gasteiger partial charge in [0.15, 0.2) is 56.1 Å². The SMILES string of the molecule is Cc1cn([C@H]2C[C@H](OP(=O)(O)OC[C@H]3O[C@@H](n4cnc5c(=O)[nH]c(N)nc54)C[C@@H]3OP(=O)(O)OC[C@H]3O[C@@H](n4cnc5c(=O)[nH]c(N)nc54)C[C@@H]3OP(=O)(O)OC[C@H]3O[C@@H](n4cnc5c(=O)[nH]c(N)nc54)C[C@@H]3OP(=O)(O)OC[C@H]3O[C@@H](n4cnc5c(N)ncnc54)C[C@@H]3OP(=O)(O)OC[C@H]3O[C@@H](n4cnc5c(=O)[nH]c(N)nc54)C[C@@H]3O)[C@@H](COCc3cc(OCc4ccccc4)cc(OCc4ccccc4)c3)O2)c(=O)[nH]c1=O. The molecule has 0 amide bonds. The van der Waals surface area contributed by atoms with Crippen LogP contribution in [0.25, 0.3) is 55.8 Å². The van der Waals surface area contributed by atoms with E-state index in [-0.39, 0.29) is 125 Å². The van der Waals surface area contributed by atoms with Crippen molar-refractivity contribution >= 4 is 125 Å². The highest BCUT2D eigenvalue weighted by Crippen LogP contribution is 2.57. The number of nitrogens with one attached hydrogen (secondary N) is 5. The number of nitrogens with two attached hydrogens (primary N) is 5. The number of H-pyrrole nitrogens is 5. The molecular formula is C81H92N27O36P5. The highest BCUT2D eigenvalue weighted by molar-refractivity contribution is 7.48. The van der Waals surface area contributed by atoms with Crippen LogP contribution in [0.3, 0.4) is 0 Å². The lowest BCUT2D eigenvalue weighted by atomic mass is 10.2. The number of nitrogens with zero attached hydrogens (tertiary/aromatic N) is 17. The molecule has 0 bridgehead atoms. The van der Waals surface area contributed by atoms with Crippen LogP contribution in [0.15, 0.2) is 152 Å². The summed E-state index contributed by atoms with van der Waals surface area (Å²) in [7, 11) is -27.8. The van der Waals surface area contributed by atoms with Crippen LogP contribution in [0.2, 0.25) is 0 Å². The van der Waals surface area contributed by atoms with E-state index in [2.05, 4.69) is 79.7 Å². The number of fused-ring (bicyclic) bond motifs is 5. The number of phosphoric ester groups is 5. The third-order valence-corrected chi connectivity index (χ3v) is 29.7. The topological polar surface area (TPSA) is 865 Å². The number of aliphatic hydroxyl groups excluding tert-OH is 1. The van der Waals surface area contributed by atoms with Crippen molar-refractivity contribution in [2.75, 3.05) is 68.3 Å². The fourth-order valence-corrected chi connectivity index (χ4v) is 22.5. The van der Waals surface area contributed by atoms with Gasteiger partial charge < -0.3 is 101 Å². The van der Waals surface area contributed by atoms with Crippen LogP contribution in [-0.2, 0) is 121 Å². The average molecular weight is 2170 g/mol. The minimum absolute atomic E-state index is 0.0000213. The fraction of sp³-hybridized carbons (Fsp3) is 0.420. The second-order valence-electron chi connectivity index (χ2n) is 34.8. The minimum atomic E-state index is -5.72. The molecule has 23 atom stereocenters. The molecule has 149 heavy (non-hydrogen) atoms. The molecular weight excluding hydrogens is 2080 g/mol. The molecule has 0 aliphatic carbocycles. The Labute approximate surface area is 831 Å². The van der Waals surface area contributed by atoms with Gasteiger partial charge in [-0.15, -0.1) is 0 Å². The summed E-state index contributed by atoms with van der Waals surface area (Å²) in [6.07, 6.45) is -21.8. The zero-order chi connectivity index (χ0) is 104. The van der Waals surface area contributed by atoms with Crippen molar-refractivity contribution < 1.29 is 140 Å². The van der Waals surface area contributed by atoms with Gasteiger partial charge in [-0.05, 0) is 35.7 Å². The molecule has 0 spiro atoms. The first-order valence-electron chi connectivity index (χ1n) is 45.3. The molecule has 0 radical (unpaired) electrons. The van der Waals surface area contributed by atoms with Gasteiger partial charge in [0.2, 0.25) is 23.8 Å². The highest BCUT2D eigenvalue weighted by atomic mass is 31.2. The third-order valence-electron chi connectivity index (χ3n) is 24.6. The van der Waals surface area contributed by atoms with Gasteiger partial charge in [-0.3, -0.25) is 122 Å². The van der Waals surface area contributed by atoms with Gasteiger partial charge in [0, 0.05) is 56.4 Å². The largest absolute Gasteiger partial charge is 0.489 e. The quantitative estimate of drug-likeness (QED) is 0.0244. The second kappa shape index (κ2) is 42.2. The van der Waals surface area contributed by atoms with Gasteiger partial charge in [0.25, 0.3) is 27.8 Å². The van der Waals surface area contributed by atoms with E-state index >= 15 is 0 Å². The first kappa shape index (κ1) is 103. The van der Waals surface area contributed by atoms with Gasteiger partial charge in [0.05, 0.1) is 84.0 Å². The highest BCUT2D eigenvalue weighted by Gasteiger charge is 2.52. The van der Waals surface area contributed by atoms with Crippen LogP contribution in [0, 0.1) is 6.92 Å². The predicted octanol–water partition coefficient (Wildman–Crippen LogP) is 2.10. The molecule has 6 fully saturated rings. The lowest BCUT2D eigenvalue weighted by Gasteiger charge is -2.26. The lowest BCUT2D eigenvalue weighted by molar-refractivity contribution is -0.0711. The van der Waals surface area contributed by atoms with Crippen LogP contribution >= 0.6 is 39.1 Å². The maximum Gasteiger partial charge on any atom is 0.472 e. The van der Waals surface area contributed by atoms with Crippen LogP contribution in [0.5, 0.6) is 11.5 Å². The number of aliphatic hydroxyl groups is 1. The number of hydrogen-bond donors (Lipinski definition) is 16. The molecule has 0 saturated carbocycles. The summed E-state index contributed by atoms with van der Waals surface area (Å²) in [6, 6.07) is 23.9. The van der Waals surface area contributed by atoms with E-state index in [4.69, 9.17) is 117 Å². The van der Waals surface area contributed by atoms with E-state index in [0.717, 1.165) is 50.1 Å². The van der Waals surface area contributed by atoms with Gasteiger partial charge in [-0.25, -0.2) is 62.5 Å². The maximum absolute atomic E-state index is 14.8. The van der Waals surface area contributed by atoms with E-state index < -0.39 is 247 Å². The number of aromatic amines is 5. The van der Waals surface area contributed by atoms with Crippen molar-refractivity contribution in [3.05, 3.63) is 208 Å². The summed E-state index contributed by atoms with van der Waals surface area (Å²) in [4.78, 5) is 194. The number of anilines is 5. The number of ether oxygens (including phenoxy) is 9. The number of rotatable bonds is 41. The molecule has 6 aliphatic heterocycles. The Hall–Kier alpha value is -12.9. The lowest BCUT2D eigenvalue weighted by Crippen LogP contribution is -2.33. The molecule has 17 heterocycles. The van der Waals surface area contributed by atoms with Crippen LogP contribution < -0.4 is 71.6 Å². The molecule has 6 saturated heterocycles. The Morgan fingerprint density at radius 2 is 0.664 bits per heavy atom. The summed E-state index contributed by atoms with van der Waals surface area (Å²) in [6.45, 7) is -3.88. The molecule has 68 heteroatoms. The van der Waals surface area contributed by atoms with E-state index in [1.165, 1.54) is 39.5 Å². The number of benzene rings is 3. The number of aromatic nitrogens is 22. The van der Waals surface area contributed by atoms with Crippen molar-refractivity contribution in [2.24, 2.45) is 0 Å². The van der Waals surface area contributed by atoms with Crippen molar-refractivity contribution in [3.63, 3.8) is 0 Å². The normalized spacial score (nSPS) is 26.2. The number of nitrogen functional groups attached to an aromatic ring is 5. The molecule has 792 valence electrons. The predicted molar refractivity (Wildman–Crippen MR) is 504 cm³/mol. The smallest absolute Gasteiger partial charge is 0.472 e. The van der Waals surface area contributed by atoms with Gasteiger partial charge in [-0.1, -0.05) is 60.7 Å². The average Bonchev–Trinajstić information content (AvgIpc) is 1.63. The Kier molecular flexibility index (Phi) is 29.2. The molecule has 21 N–H and O–H groups in total. The standard InChI is InChI=1S/C81H92N27O36P5/c1-37-21-103(81(115)102-72(37)110)56-16-44(50(135-56)25-126-22-40-12-41(127-23-38-8-4-2-5-9-38)14-42(13-40)128-24-39-10-6-3-7-11-39)140-146(118,119)130-28-52-46(18-58(137-52)106-34-91-63-69(106)95-78(84)99-74(63)112)143-148(122,123)132-30-54-48(20-60(139-54)108-36-93-65-71(108)97-80(86)101-76(65)114)144-149(124,125)133-29-53-47(19-59(138-53)107-35-92-64-70(107)96-79(85)100-75(64)113)142-147(120,121)131-27-51-45(17-57(136-51)104-32-89-61-66(82)87-31-88-67(61)104)141-145(116,117)129-26-49-43(109)15-55(134-49)105-33-90-62-68(105)94-77(83)98-73(62)111/h2-14,21,31-36,43-60,109H,15-20,22-30H2,1H3,(H,116,117)(H,118,119)(H,120,121)(H,122,123)(H,124,125)(H2,82,87,88)(H,102,110,115)(H3,83,94,98,111)(H3,84,95,99,112)(H3,85,96,100,113)(H3,86,97,101,114)/t43-,44-,45-,46-,47-,48-,49+,50+,51+,52+,53+,54+,55+,56+,57+,58+,59+,60+/m0/s1. The maximum atomic E-state index is 14.8. The summed E-state index contributed by atoms with van der Waals surface area (Å²) >= 11 is 0. The first-order chi connectivity index (χ1) is 71.2. The molecule has 3 aromatic carbocycles. The Bertz CT molecular complexity index is 7950. The number of imidazole rings is 5. The van der Waals surface area contributed by atoms with Crippen LogP contribution in [-0.4, -0.2) is 250 Å². The minimum Gasteiger partial charge on any atom is -0.489 e. The number of aryl methyl sites for hydroxylation is 1. The van der Waals surface area contributed by atoms with Crippen LogP contribution in [0.1, 0.15) is 98.1 Å². The van der Waals surface area contributed by atoms with E-state index in [9.17, 15) is 81.2 Å². The molecule has 11 aromatic heterocycles. The van der Waals surface area contributed by atoms with Crippen LogP contribution in [0.4, 0.5) is 29.6 Å². The third kappa shape index (κ3) is 23.2. The van der Waals surface area contributed by atoms with E-state index in [0.29, 0.717) is 17.1 Å². The fourth-order valence-electron chi connectivity index (χ4n) is 17.7. The first-order valence-corrected chi connectivity index (χ1v) is 52.8. The Morgan fingerprint density at radius 3 is 1.02 bits per heavy atom. The van der Waals surface area contributed by atoms with Crippen molar-refractivity contribution in [1.82, 2.24) is 107 Å². The summed E-state index contributed by atoms with van der Waals surface area (Å²) in [5, 5.41) is 11.1. The zero-order valence-electron chi connectivity index (χ0n) is 77.2. The number of phosphoric acid groups is 5. The van der Waals surface area contributed by atoms with Crippen molar-refractivity contribution in [2.45, 2.75) is 176 Å². The van der Waals surface area contributed by atoms with E-state index in [1.54, 1.807) is 18.2 Å². The summed E-state index contributed by atoms with van der Waals surface area (Å²) in [5.74, 6) is -0.644. The second-order valence-corrected chi connectivity index (χ2v) is 41.9. The number of hydrogen-bond acceptors (Lipinski definition) is 47. The molecule has 20 rings (SSSR count). The van der Waals surface area contributed by atoms with Crippen molar-refractivity contribution in [1.29, 1.82) is 0 Å². The molecule has 14 aromatic rings. The van der Waals surface area contributed by atoms with Gasteiger partial charge >= 0.3 is 44.8 Å². The molecule has 63 nitrogen and oxygen atoms in total.